The fourth-order valence-electron chi connectivity index (χ4n) is 3.60. The van der Waals surface area contributed by atoms with E-state index in [9.17, 15) is 0 Å². The Balaban J connectivity index is 1.61. The third kappa shape index (κ3) is 2.55. The molecule has 3 aromatic rings. The topological polar surface area (TPSA) is 38.9 Å². The Morgan fingerprint density at radius 2 is 1.67 bits per heavy atom. The molecule has 122 valence electrons. The Bertz CT molecular complexity index is 840. The van der Waals surface area contributed by atoms with E-state index in [0.717, 1.165) is 11.5 Å². The molecule has 0 amide bonds. The quantitative estimate of drug-likeness (QED) is 0.601. The van der Waals surface area contributed by atoms with Crippen LogP contribution in [0.25, 0.3) is 11.4 Å². The molecule has 3 nitrogen and oxygen atoms in total. The molecule has 1 aliphatic rings. The average molecular weight is 336 g/mol. The van der Waals surface area contributed by atoms with E-state index in [-0.39, 0.29) is 11.3 Å². The molecule has 1 heterocycles. The number of benzene rings is 2. The Morgan fingerprint density at radius 1 is 0.958 bits per heavy atom. The Kier molecular flexibility index (Phi) is 3.72. The normalized spacial score (nSPS) is 21.6. The van der Waals surface area contributed by atoms with Crippen LogP contribution in [0.2, 0.25) is 0 Å². The van der Waals surface area contributed by atoms with Crippen LogP contribution in [0.15, 0.2) is 64.0 Å². The van der Waals surface area contributed by atoms with E-state index >= 15 is 0 Å². The van der Waals surface area contributed by atoms with Crippen molar-refractivity contribution in [2.75, 3.05) is 6.26 Å². The highest BCUT2D eigenvalue weighted by Crippen LogP contribution is 2.69. The average Bonchev–Trinajstić information content (AvgIpc) is 2.97. The van der Waals surface area contributed by atoms with Crippen molar-refractivity contribution in [1.29, 1.82) is 0 Å². The first-order chi connectivity index (χ1) is 11.6. The largest absolute Gasteiger partial charge is 0.339 e. The fourth-order valence-corrected chi connectivity index (χ4v) is 4.01. The van der Waals surface area contributed by atoms with Gasteiger partial charge in [-0.2, -0.15) is 4.98 Å². The van der Waals surface area contributed by atoms with Gasteiger partial charge in [-0.05, 0) is 29.4 Å². The second-order valence-electron chi connectivity index (χ2n) is 6.87. The first kappa shape index (κ1) is 15.5. The summed E-state index contributed by atoms with van der Waals surface area (Å²) in [7, 11) is 0. The molecule has 4 rings (SSSR count). The van der Waals surface area contributed by atoms with Crippen molar-refractivity contribution in [3.05, 3.63) is 66.1 Å². The van der Waals surface area contributed by atoms with E-state index in [4.69, 9.17) is 4.52 Å². The van der Waals surface area contributed by atoms with Crippen molar-refractivity contribution in [2.45, 2.75) is 30.6 Å². The van der Waals surface area contributed by atoms with E-state index in [1.807, 2.05) is 30.3 Å². The van der Waals surface area contributed by atoms with Crippen LogP contribution in [0.5, 0.6) is 0 Å². The van der Waals surface area contributed by atoms with Crippen molar-refractivity contribution in [3.63, 3.8) is 0 Å². The van der Waals surface area contributed by atoms with Crippen molar-refractivity contribution in [3.8, 4) is 11.4 Å². The molecule has 0 spiro atoms. The van der Waals surface area contributed by atoms with Crippen LogP contribution >= 0.6 is 11.8 Å². The minimum absolute atomic E-state index is 0.140. The van der Waals surface area contributed by atoms with Gasteiger partial charge < -0.3 is 4.52 Å². The highest BCUT2D eigenvalue weighted by molar-refractivity contribution is 7.98. The van der Waals surface area contributed by atoms with E-state index in [2.05, 4.69) is 54.5 Å². The standard InChI is InChI=1S/C20H20N2OS/c1-20(2)16(13-9-11-15(24-3)12-10-13)17(20)19-21-18(22-23-19)14-7-5-4-6-8-14/h4-12,16-17H,1-3H3/t16-,17+/m0/s1. The van der Waals surface area contributed by atoms with Gasteiger partial charge in [-0.15, -0.1) is 11.8 Å². The zero-order valence-corrected chi connectivity index (χ0v) is 14.9. The van der Waals surface area contributed by atoms with Crippen molar-refractivity contribution in [1.82, 2.24) is 10.1 Å². The first-order valence-electron chi connectivity index (χ1n) is 8.14. The highest BCUT2D eigenvalue weighted by Gasteiger charge is 2.61. The van der Waals surface area contributed by atoms with Crippen LogP contribution in [-0.4, -0.2) is 16.4 Å². The molecule has 0 saturated heterocycles. The van der Waals surface area contributed by atoms with Crippen molar-refractivity contribution in [2.24, 2.45) is 5.41 Å². The minimum Gasteiger partial charge on any atom is -0.339 e. The lowest BCUT2D eigenvalue weighted by atomic mass is 10.0. The lowest BCUT2D eigenvalue weighted by Crippen LogP contribution is -1.91. The summed E-state index contributed by atoms with van der Waals surface area (Å²) < 4.78 is 5.61. The summed E-state index contributed by atoms with van der Waals surface area (Å²) in [5, 5.41) is 4.18. The lowest BCUT2D eigenvalue weighted by Gasteiger charge is -2.03. The fraction of sp³-hybridized carbons (Fsp3) is 0.300. The van der Waals surface area contributed by atoms with Crippen molar-refractivity contribution < 1.29 is 4.52 Å². The predicted octanol–water partition coefficient (Wildman–Crippen LogP) is 5.37. The van der Waals surface area contributed by atoms with Gasteiger partial charge in [0.1, 0.15) is 0 Å². The molecule has 1 fully saturated rings. The molecule has 1 aromatic heterocycles. The molecule has 4 heteroatoms. The number of nitrogens with zero attached hydrogens (tertiary/aromatic N) is 2. The molecule has 1 saturated carbocycles. The number of hydrogen-bond acceptors (Lipinski definition) is 4. The molecule has 0 N–H and O–H groups in total. The monoisotopic (exact) mass is 336 g/mol. The second-order valence-corrected chi connectivity index (χ2v) is 7.75. The molecule has 2 aromatic carbocycles. The van der Waals surface area contributed by atoms with Gasteiger partial charge in [-0.1, -0.05) is 61.5 Å². The molecule has 0 unspecified atom stereocenters. The summed E-state index contributed by atoms with van der Waals surface area (Å²) in [6.45, 7) is 4.55. The van der Waals surface area contributed by atoms with Crippen LogP contribution in [0.1, 0.15) is 37.1 Å². The van der Waals surface area contributed by atoms with Crippen LogP contribution in [0.4, 0.5) is 0 Å². The van der Waals surface area contributed by atoms with Gasteiger partial charge >= 0.3 is 0 Å². The zero-order valence-electron chi connectivity index (χ0n) is 14.1. The molecule has 0 bridgehead atoms. The maximum absolute atomic E-state index is 5.61. The molecule has 2 atom stereocenters. The van der Waals surface area contributed by atoms with E-state index < -0.39 is 0 Å². The maximum Gasteiger partial charge on any atom is 0.231 e. The number of hydrogen-bond donors (Lipinski definition) is 0. The molecule has 0 aliphatic heterocycles. The maximum atomic E-state index is 5.61. The van der Waals surface area contributed by atoms with Gasteiger partial charge in [-0.3, -0.25) is 0 Å². The van der Waals surface area contributed by atoms with E-state index in [1.54, 1.807) is 11.8 Å². The summed E-state index contributed by atoms with van der Waals surface area (Å²) >= 11 is 1.77. The number of aromatic nitrogens is 2. The van der Waals surface area contributed by atoms with Gasteiger partial charge in [0.05, 0.1) is 5.92 Å². The SMILES string of the molecule is CSc1ccc([C@H]2[C@H](c3nc(-c4ccccc4)no3)C2(C)C)cc1. The lowest BCUT2D eigenvalue weighted by molar-refractivity contribution is 0.368. The van der Waals surface area contributed by atoms with E-state index in [1.165, 1.54) is 10.5 Å². The van der Waals surface area contributed by atoms with Gasteiger partial charge in [0, 0.05) is 16.4 Å². The summed E-state index contributed by atoms with van der Waals surface area (Å²) in [6.07, 6.45) is 2.10. The minimum atomic E-state index is 0.140. The van der Waals surface area contributed by atoms with Crippen molar-refractivity contribution >= 4 is 11.8 Å². The highest BCUT2D eigenvalue weighted by atomic mass is 32.2. The third-order valence-corrected chi connectivity index (χ3v) is 5.79. The predicted molar refractivity (Wildman–Crippen MR) is 97.2 cm³/mol. The summed E-state index contributed by atoms with van der Waals surface area (Å²) in [5.41, 5.74) is 2.48. The van der Waals surface area contributed by atoms with Gasteiger partial charge in [0.15, 0.2) is 0 Å². The smallest absolute Gasteiger partial charge is 0.231 e. The molecule has 0 radical (unpaired) electrons. The van der Waals surface area contributed by atoms with Gasteiger partial charge in [-0.25, -0.2) is 0 Å². The molecular weight excluding hydrogens is 316 g/mol. The zero-order chi connectivity index (χ0) is 16.7. The second kappa shape index (κ2) is 5.78. The van der Waals surface area contributed by atoms with Crippen LogP contribution in [0, 0.1) is 5.41 Å². The van der Waals surface area contributed by atoms with Crippen LogP contribution in [0.3, 0.4) is 0 Å². The Hall–Kier alpha value is -2.07. The molecule has 1 aliphatic carbocycles. The number of thioether (sulfide) groups is 1. The Morgan fingerprint density at radius 3 is 2.33 bits per heavy atom. The first-order valence-corrected chi connectivity index (χ1v) is 9.36. The van der Waals surface area contributed by atoms with Gasteiger partial charge in [0.25, 0.3) is 0 Å². The third-order valence-electron chi connectivity index (χ3n) is 5.04. The van der Waals surface area contributed by atoms with Gasteiger partial charge in [0.2, 0.25) is 11.7 Å². The van der Waals surface area contributed by atoms with E-state index in [0.29, 0.717) is 11.7 Å². The summed E-state index contributed by atoms with van der Waals surface area (Å²) in [5.74, 6) is 2.13. The Labute approximate surface area is 146 Å². The molecule has 24 heavy (non-hydrogen) atoms. The van der Waals surface area contributed by atoms with Crippen LogP contribution < -0.4 is 0 Å². The molecular formula is C20H20N2OS. The van der Waals surface area contributed by atoms with Crippen LogP contribution in [-0.2, 0) is 0 Å². The summed E-state index contributed by atoms with van der Waals surface area (Å²) in [4.78, 5) is 5.96. The number of rotatable bonds is 4. The summed E-state index contributed by atoms with van der Waals surface area (Å²) in [6, 6.07) is 18.8.